The minimum Gasteiger partial charge on any atom is -0.300 e. The Morgan fingerprint density at radius 3 is 1.85 bits per heavy atom. The smallest absolute Gasteiger partial charge is 0.133 e. The molecule has 1 saturated carbocycles. The van der Waals surface area contributed by atoms with Crippen LogP contribution in [0.25, 0.3) is 0 Å². The number of carbonyl (C=O) groups is 2. The highest BCUT2D eigenvalue weighted by atomic mass is 16.1. The molecule has 0 saturated heterocycles. The molecular weight excluding hydrogens is 320 g/mol. The summed E-state index contributed by atoms with van der Waals surface area (Å²) in [7, 11) is 0. The Hall–Kier alpha value is -0.660. The SMILES string of the molecule is CCCCCCCCC(=O)C[C@@H]1C[C@H](CC(=O)CCC(C)(C)C)C1(C)C. The van der Waals surface area contributed by atoms with Gasteiger partial charge in [0.2, 0.25) is 0 Å². The van der Waals surface area contributed by atoms with Crippen LogP contribution in [0.3, 0.4) is 0 Å². The first-order valence-corrected chi connectivity index (χ1v) is 11.1. The molecule has 0 aromatic carbocycles. The van der Waals surface area contributed by atoms with Gasteiger partial charge in [-0.3, -0.25) is 9.59 Å². The zero-order valence-electron chi connectivity index (χ0n) is 18.5. The van der Waals surface area contributed by atoms with Gasteiger partial charge in [0.15, 0.2) is 0 Å². The summed E-state index contributed by atoms with van der Waals surface area (Å²) in [6, 6.07) is 0. The van der Waals surface area contributed by atoms with Crippen LogP contribution in [-0.2, 0) is 9.59 Å². The molecule has 0 aromatic rings. The Morgan fingerprint density at radius 1 is 0.846 bits per heavy atom. The fourth-order valence-electron chi connectivity index (χ4n) is 4.19. The molecule has 0 N–H and O–H groups in total. The van der Waals surface area contributed by atoms with E-state index in [1.165, 1.54) is 32.1 Å². The largest absolute Gasteiger partial charge is 0.300 e. The maximum Gasteiger partial charge on any atom is 0.133 e. The van der Waals surface area contributed by atoms with Gasteiger partial charge in [-0.1, -0.05) is 73.6 Å². The third-order valence-corrected chi connectivity index (χ3v) is 6.58. The third-order valence-electron chi connectivity index (χ3n) is 6.58. The van der Waals surface area contributed by atoms with Crippen molar-refractivity contribution in [2.75, 3.05) is 0 Å². The van der Waals surface area contributed by atoms with Crippen LogP contribution >= 0.6 is 0 Å². The van der Waals surface area contributed by atoms with E-state index in [2.05, 4.69) is 41.5 Å². The number of hydrogen-bond donors (Lipinski definition) is 0. The standard InChI is InChI=1S/C24H44O2/c1-7-8-9-10-11-12-13-21(25)17-19-16-20(24(19,5)6)18-22(26)14-15-23(2,3)4/h19-20H,7-18H2,1-6H3/t19-,20+/m0/s1. The molecule has 0 aromatic heterocycles. The molecule has 26 heavy (non-hydrogen) atoms. The van der Waals surface area contributed by atoms with E-state index in [1.807, 2.05) is 0 Å². The third kappa shape index (κ3) is 8.35. The van der Waals surface area contributed by atoms with Crippen molar-refractivity contribution >= 4 is 11.6 Å². The van der Waals surface area contributed by atoms with Crippen molar-refractivity contribution in [2.45, 2.75) is 119 Å². The van der Waals surface area contributed by atoms with Crippen molar-refractivity contribution in [1.29, 1.82) is 0 Å². The maximum absolute atomic E-state index is 12.3. The van der Waals surface area contributed by atoms with Crippen LogP contribution < -0.4 is 0 Å². The lowest BCUT2D eigenvalue weighted by Gasteiger charge is -2.52. The summed E-state index contributed by atoms with van der Waals surface area (Å²) in [5.74, 6) is 1.81. The Bertz CT molecular complexity index is 442. The van der Waals surface area contributed by atoms with Gasteiger partial charge >= 0.3 is 0 Å². The summed E-state index contributed by atoms with van der Waals surface area (Å²) in [5, 5.41) is 0. The normalized spacial score (nSPS) is 22.1. The Balaban J connectivity index is 2.24. The van der Waals surface area contributed by atoms with Crippen molar-refractivity contribution in [3.8, 4) is 0 Å². The molecule has 1 fully saturated rings. The van der Waals surface area contributed by atoms with Gasteiger partial charge in [-0.2, -0.15) is 0 Å². The van der Waals surface area contributed by atoms with Gasteiger partial charge < -0.3 is 0 Å². The van der Waals surface area contributed by atoms with E-state index in [-0.39, 0.29) is 10.8 Å². The lowest BCUT2D eigenvalue weighted by Crippen LogP contribution is -2.46. The first-order chi connectivity index (χ1) is 12.1. The van der Waals surface area contributed by atoms with E-state index in [4.69, 9.17) is 0 Å². The van der Waals surface area contributed by atoms with E-state index < -0.39 is 0 Å². The zero-order chi connectivity index (χ0) is 19.8. The van der Waals surface area contributed by atoms with E-state index >= 15 is 0 Å². The second-order valence-corrected chi connectivity index (χ2v) is 10.5. The van der Waals surface area contributed by atoms with Gasteiger partial charge in [-0.25, -0.2) is 0 Å². The molecule has 1 aliphatic rings. The molecule has 0 aliphatic heterocycles. The van der Waals surface area contributed by atoms with Gasteiger partial charge in [0.1, 0.15) is 11.6 Å². The molecule has 0 unspecified atom stereocenters. The van der Waals surface area contributed by atoms with Crippen LogP contribution in [0, 0.1) is 22.7 Å². The summed E-state index contributed by atoms with van der Waals surface area (Å²) in [4.78, 5) is 24.6. The summed E-state index contributed by atoms with van der Waals surface area (Å²) in [6.07, 6.45) is 12.4. The molecule has 1 aliphatic carbocycles. The van der Waals surface area contributed by atoms with Crippen LogP contribution in [0.4, 0.5) is 0 Å². The Morgan fingerprint density at radius 2 is 1.35 bits per heavy atom. The van der Waals surface area contributed by atoms with Crippen molar-refractivity contribution in [3.63, 3.8) is 0 Å². The van der Waals surface area contributed by atoms with Crippen LogP contribution in [0.15, 0.2) is 0 Å². The van der Waals surface area contributed by atoms with E-state index in [1.54, 1.807) is 0 Å². The van der Waals surface area contributed by atoms with Crippen LogP contribution in [0.5, 0.6) is 0 Å². The van der Waals surface area contributed by atoms with E-state index in [0.717, 1.165) is 32.1 Å². The molecule has 0 heterocycles. The predicted octanol–water partition coefficient (Wildman–Crippen LogP) is 7.14. The molecule has 0 amide bonds. The quantitative estimate of drug-likeness (QED) is 0.325. The van der Waals surface area contributed by atoms with Crippen molar-refractivity contribution < 1.29 is 9.59 Å². The predicted molar refractivity (Wildman–Crippen MR) is 111 cm³/mol. The van der Waals surface area contributed by atoms with Crippen LogP contribution in [0.1, 0.15) is 119 Å². The molecule has 0 radical (unpaired) electrons. The molecule has 0 spiro atoms. The highest BCUT2D eigenvalue weighted by Crippen LogP contribution is 2.54. The lowest BCUT2D eigenvalue weighted by molar-refractivity contribution is -0.129. The second-order valence-electron chi connectivity index (χ2n) is 10.5. The van der Waals surface area contributed by atoms with Crippen LogP contribution in [0.2, 0.25) is 0 Å². The number of Topliss-reactive ketones (excluding diaryl/α,β-unsaturated/α-hetero) is 2. The first kappa shape index (κ1) is 23.4. The minimum absolute atomic E-state index is 0.147. The fraction of sp³-hybridized carbons (Fsp3) is 0.917. The van der Waals surface area contributed by atoms with Crippen molar-refractivity contribution in [1.82, 2.24) is 0 Å². The summed E-state index contributed by atoms with van der Waals surface area (Å²) in [5.41, 5.74) is 0.379. The molecule has 2 atom stereocenters. The van der Waals surface area contributed by atoms with Crippen molar-refractivity contribution in [3.05, 3.63) is 0 Å². The number of ketones is 2. The van der Waals surface area contributed by atoms with Gasteiger partial charge in [-0.05, 0) is 41.9 Å². The Kier molecular flexibility index (Phi) is 9.55. The molecule has 2 heteroatoms. The van der Waals surface area contributed by atoms with Crippen molar-refractivity contribution in [2.24, 2.45) is 22.7 Å². The fourth-order valence-corrected chi connectivity index (χ4v) is 4.19. The summed E-state index contributed by atoms with van der Waals surface area (Å²) >= 11 is 0. The number of rotatable bonds is 13. The second kappa shape index (κ2) is 10.6. The van der Waals surface area contributed by atoms with Crippen LogP contribution in [-0.4, -0.2) is 11.6 Å². The Labute approximate surface area is 162 Å². The highest BCUT2D eigenvalue weighted by molar-refractivity contribution is 5.80. The highest BCUT2D eigenvalue weighted by Gasteiger charge is 2.48. The lowest BCUT2D eigenvalue weighted by atomic mass is 9.52. The zero-order valence-corrected chi connectivity index (χ0v) is 18.5. The van der Waals surface area contributed by atoms with Gasteiger partial charge in [0.05, 0.1) is 0 Å². The van der Waals surface area contributed by atoms with Gasteiger partial charge in [0.25, 0.3) is 0 Å². The number of hydrogen-bond acceptors (Lipinski definition) is 2. The average molecular weight is 365 g/mol. The molecule has 152 valence electrons. The number of unbranched alkanes of at least 4 members (excludes halogenated alkanes) is 5. The summed E-state index contributed by atoms with van der Waals surface area (Å²) < 4.78 is 0. The van der Waals surface area contributed by atoms with E-state index in [9.17, 15) is 9.59 Å². The van der Waals surface area contributed by atoms with E-state index in [0.29, 0.717) is 36.2 Å². The van der Waals surface area contributed by atoms with Gasteiger partial charge in [0, 0.05) is 25.7 Å². The minimum atomic E-state index is 0.147. The number of carbonyl (C=O) groups excluding carboxylic acids is 2. The molecular formula is C24H44O2. The van der Waals surface area contributed by atoms with Gasteiger partial charge in [-0.15, -0.1) is 0 Å². The monoisotopic (exact) mass is 364 g/mol. The maximum atomic E-state index is 12.3. The summed E-state index contributed by atoms with van der Waals surface area (Å²) in [6.45, 7) is 13.3. The molecule has 1 rings (SSSR count). The topological polar surface area (TPSA) is 34.1 Å². The molecule has 0 bridgehead atoms. The average Bonchev–Trinajstić information content (AvgIpc) is 2.54. The first-order valence-electron chi connectivity index (χ1n) is 11.1. The molecule has 2 nitrogen and oxygen atoms in total.